The number of fused-ring (bicyclic) bond motifs is 1. The van der Waals surface area contributed by atoms with Crippen LogP contribution in [0.5, 0.6) is 0 Å². The summed E-state index contributed by atoms with van der Waals surface area (Å²) in [6.07, 6.45) is 8.34. The summed E-state index contributed by atoms with van der Waals surface area (Å²) < 4.78 is 1.48. The topological polar surface area (TPSA) is 46.4 Å². The molecule has 2 heterocycles. The van der Waals surface area contributed by atoms with Gasteiger partial charge in [-0.1, -0.05) is 69.0 Å². The molecule has 1 atom stereocenters. The van der Waals surface area contributed by atoms with E-state index in [0.29, 0.717) is 23.1 Å². The summed E-state index contributed by atoms with van der Waals surface area (Å²) in [5.74, 6) is 1.15. The van der Waals surface area contributed by atoms with Gasteiger partial charge in [-0.25, -0.2) is 4.98 Å². The molecule has 4 nitrogen and oxygen atoms in total. The smallest absolute Gasteiger partial charge is 0.258 e. The van der Waals surface area contributed by atoms with E-state index >= 15 is 0 Å². The van der Waals surface area contributed by atoms with E-state index in [1.165, 1.54) is 47.6 Å². The van der Waals surface area contributed by atoms with E-state index in [9.17, 15) is 4.79 Å². The number of halogens is 1. The Morgan fingerprint density at radius 2 is 1.83 bits per heavy atom. The quantitative estimate of drug-likeness (QED) is 0.538. The van der Waals surface area contributed by atoms with Crippen LogP contribution in [0.1, 0.15) is 74.7 Å². The van der Waals surface area contributed by atoms with E-state index in [4.69, 9.17) is 11.6 Å². The summed E-state index contributed by atoms with van der Waals surface area (Å²) in [5, 5.41) is 4.14. The highest BCUT2D eigenvalue weighted by molar-refractivity contribution is 6.30. The minimum Gasteiger partial charge on any atom is -0.304 e. The first-order chi connectivity index (χ1) is 14.5. The van der Waals surface area contributed by atoms with E-state index in [-0.39, 0.29) is 11.6 Å². The normalized spacial score (nSPS) is 16.3. The van der Waals surface area contributed by atoms with Crippen LogP contribution in [0, 0.1) is 5.92 Å². The molecule has 30 heavy (non-hydrogen) atoms. The summed E-state index contributed by atoms with van der Waals surface area (Å²) in [6.45, 7) is 4.98. The van der Waals surface area contributed by atoms with Gasteiger partial charge in [-0.2, -0.15) is 0 Å². The second kappa shape index (κ2) is 9.32. The summed E-state index contributed by atoms with van der Waals surface area (Å²) in [4.78, 5) is 17.0. The van der Waals surface area contributed by atoms with Gasteiger partial charge in [-0.05, 0) is 47.9 Å². The number of nitrogens with zero attached hydrogens (tertiary/aromatic N) is 2. The Kier molecular flexibility index (Phi) is 6.55. The zero-order chi connectivity index (χ0) is 21.1. The molecule has 0 radical (unpaired) electrons. The maximum atomic E-state index is 12.4. The Morgan fingerprint density at radius 3 is 2.53 bits per heavy atom. The monoisotopic (exact) mass is 423 g/mol. The number of benzene rings is 1. The van der Waals surface area contributed by atoms with Crippen LogP contribution in [-0.4, -0.2) is 9.38 Å². The Labute approximate surface area is 183 Å². The molecule has 1 N–H and O–H groups in total. The third kappa shape index (κ3) is 4.76. The molecule has 1 fully saturated rings. The van der Waals surface area contributed by atoms with Crippen molar-refractivity contribution in [1.29, 1.82) is 0 Å². The Bertz CT molecular complexity index is 1050. The first-order valence-electron chi connectivity index (χ1n) is 11.0. The number of nitrogens with one attached hydrogen (secondary N) is 1. The van der Waals surface area contributed by atoms with Gasteiger partial charge >= 0.3 is 0 Å². The number of hydrogen-bond acceptors (Lipinski definition) is 3. The molecule has 2 aromatic heterocycles. The van der Waals surface area contributed by atoms with Crippen LogP contribution in [0.25, 0.3) is 5.65 Å². The predicted molar refractivity (Wildman–Crippen MR) is 123 cm³/mol. The summed E-state index contributed by atoms with van der Waals surface area (Å²) in [5.41, 5.74) is 4.00. The second-order valence-electron chi connectivity index (χ2n) is 8.77. The molecule has 0 aliphatic heterocycles. The van der Waals surface area contributed by atoms with Gasteiger partial charge in [-0.15, -0.1) is 0 Å². The highest BCUT2D eigenvalue weighted by Gasteiger charge is 2.18. The molecule has 1 aromatic carbocycles. The van der Waals surface area contributed by atoms with Crippen LogP contribution in [0.2, 0.25) is 5.02 Å². The fourth-order valence-electron chi connectivity index (χ4n) is 4.58. The molecular formula is C25H30ClN3O. The SMILES string of the molecule is CC(C)[C@H](NCc1cc(=O)n2cc(Cl)ccc2n1)c1ccc(C2CCCCC2)cc1. The van der Waals surface area contributed by atoms with Crippen molar-refractivity contribution in [2.75, 3.05) is 0 Å². The number of pyridine rings is 1. The number of rotatable bonds is 6. The Balaban J connectivity index is 1.49. The van der Waals surface area contributed by atoms with Crippen LogP contribution in [-0.2, 0) is 6.54 Å². The Hall–Kier alpha value is -2.17. The van der Waals surface area contributed by atoms with Crippen LogP contribution in [0.15, 0.2) is 53.5 Å². The van der Waals surface area contributed by atoms with Crippen LogP contribution >= 0.6 is 11.6 Å². The molecule has 0 saturated heterocycles. The van der Waals surface area contributed by atoms with E-state index in [1.807, 2.05) is 0 Å². The fraction of sp³-hybridized carbons (Fsp3) is 0.440. The molecule has 0 amide bonds. The maximum absolute atomic E-state index is 12.4. The lowest BCUT2D eigenvalue weighted by Gasteiger charge is -2.25. The third-order valence-corrected chi connectivity index (χ3v) is 6.44. The molecule has 4 rings (SSSR count). The summed E-state index contributed by atoms with van der Waals surface area (Å²) >= 11 is 6.00. The van der Waals surface area contributed by atoms with E-state index in [1.54, 1.807) is 24.4 Å². The van der Waals surface area contributed by atoms with Crippen LogP contribution in [0.4, 0.5) is 0 Å². The molecule has 1 saturated carbocycles. The minimum atomic E-state index is -0.114. The van der Waals surface area contributed by atoms with E-state index in [0.717, 1.165) is 11.6 Å². The molecule has 158 valence electrons. The molecule has 0 spiro atoms. The van der Waals surface area contributed by atoms with Crippen molar-refractivity contribution in [3.63, 3.8) is 0 Å². The van der Waals surface area contributed by atoms with Crippen LogP contribution < -0.4 is 10.9 Å². The average Bonchev–Trinajstić information content (AvgIpc) is 2.75. The molecule has 0 bridgehead atoms. The lowest BCUT2D eigenvalue weighted by Crippen LogP contribution is -2.27. The van der Waals surface area contributed by atoms with Gasteiger partial charge in [-0.3, -0.25) is 9.20 Å². The molecule has 1 aliphatic carbocycles. The highest BCUT2D eigenvalue weighted by Crippen LogP contribution is 2.33. The van der Waals surface area contributed by atoms with Crippen molar-refractivity contribution >= 4 is 17.2 Å². The van der Waals surface area contributed by atoms with E-state index < -0.39 is 0 Å². The molecule has 0 unspecified atom stereocenters. The number of hydrogen-bond donors (Lipinski definition) is 1. The first-order valence-corrected chi connectivity index (χ1v) is 11.4. The van der Waals surface area contributed by atoms with Gasteiger partial charge in [0.25, 0.3) is 5.56 Å². The van der Waals surface area contributed by atoms with Gasteiger partial charge < -0.3 is 5.32 Å². The maximum Gasteiger partial charge on any atom is 0.258 e. The average molecular weight is 424 g/mol. The first kappa shape index (κ1) is 21.1. The largest absolute Gasteiger partial charge is 0.304 e. The summed E-state index contributed by atoms with van der Waals surface area (Å²) in [7, 11) is 0. The fourth-order valence-corrected chi connectivity index (χ4v) is 4.74. The standard InChI is InChI=1S/C25H30ClN3O/c1-17(2)25(20-10-8-19(9-11-20)18-6-4-3-5-7-18)27-15-22-14-24(30)29-16-21(26)12-13-23(29)28-22/h8-14,16-18,25,27H,3-7,15H2,1-2H3/t25-/m0/s1. The lowest BCUT2D eigenvalue weighted by molar-refractivity contribution is 0.407. The van der Waals surface area contributed by atoms with E-state index in [2.05, 4.69) is 48.4 Å². The number of aromatic nitrogens is 2. The molecule has 1 aliphatic rings. The predicted octanol–water partition coefficient (Wildman–Crippen LogP) is 5.88. The summed E-state index contributed by atoms with van der Waals surface area (Å²) in [6, 6.07) is 14.5. The zero-order valence-electron chi connectivity index (χ0n) is 17.8. The second-order valence-corrected chi connectivity index (χ2v) is 9.20. The van der Waals surface area contributed by atoms with Gasteiger partial charge in [0.15, 0.2) is 0 Å². The third-order valence-electron chi connectivity index (χ3n) is 6.22. The Morgan fingerprint density at radius 1 is 1.10 bits per heavy atom. The minimum absolute atomic E-state index is 0.114. The molecule has 5 heteroatoms. The molecular weight excluding hydrogens is 394 g/mol. The van der Waals surface area contributed by atoms with Crippen molar-refractivity contribution in [3.05, 3.63) is 80.9 Å². The van der Waals surface area contributed by atoms with Gasteiger partial charge in [0, 0.05) is 24.8 Å². The van der Waals surface area contributed by atoms with Crippen molar-refractivity contribution in [2.45, 2.75) is 64.5 Å². The highest BCUT2D eigenvalue weighted by atomic mass is 35.5. The van der Waals surface area contributed by atoms with Crippen molar-refractivity contribution in [1.82, 2.24) is 14.7 Å². The molecule has 3 aromatic rings. The van der Waals surface area contributed by atoms with Gasteiger partial charge in [0.05, 0.1) is 10.7 Å². The van der Waals surface area contributed by atoms with Gasteiger partial charge in [0.2, 0.25) is 0 Å². The van der Waals surface area contributed by atoms with Gasteiger partial charge in [0.1, 0.15) is 5.65 Å². The van der Waals surface area contributed by atoms with Crippen molar-refractivity contribution in [3.8, 4) is 0 Å². The zero-order valence-corrected chi connectivity index (χ0v) is 18.5. The van der Waals surface area contributed by atoms with Crippen molar-refractivity contribution < 1.29 is 0 Å². The lowest BCUT2D eigenvalue weighted by atomic mass is 9.83. The van der Waals surface area contributed by atoms with Crippen LogP contribution in [0.3, 0.4) is 0 Å². The van der Waals surface area contributed by atoms with Crippen molar-refractivity contribution in [2.24, 2.45) is 5.92 Å².